The summed E-state index contributed by atoms with van der Waals surface area (Å²) >= 11 is 0. The third kappa shape index (κ3) is 4.26. The number of methoxy groups -OCH3 is 1. The fraction of sp³-hybridized carbons (Fsp3) is 0.812. The molecule has 2 aliphatic carbocycles. The lowest BCUT2D eigenvalue weighted by Gasteiger charge is -2.41. The highest BCUT2D eigenvalue weighted by Crippen LogP contribution is 2.30. The molecule has 108 valence electrons. The lowest BCUT2D eigenvalue weighted by molar-refractivity contribution is -0.134. The van der Waals surface area contributed by atoms with E-state index in [0.717, 1.165) is 0 Å². The molecule has 0 aromatic rings. The van der Waals surface area contributed by atoms with Crippen LogP contribution < -0.4 is 0 Å². The molecule has 3 nitrogen and oxygen atoms in total. The number of nitrogens with zero attached hydrogens (tertiary/aromatic N) is 1. The number of carbonyl (C=O) groups excluding carboxylic acids is 1. The molecular weight excluding hydrogens is 238 g/mol. The lowest BCUT2D eigenvalue weighted by Crippen LogP contribution is -2.41. The van der Waals surface area contributed by atoms with Crippen LogP contribution in [0.5, 0.6) is 0 Å². The van der Waals surface area contributed by atoms with Crippen molar-refractivity contribution in [3.8, 4) is 0 Å². The van der Waals surface area contributed by atoms with Crippen LogP contribution in [0.15, 0.2) is 12.3 Å². The standard InChI is InChI=1S/C16H27NO2/c1-19-16(18)12-13-17(14-8-4-2-5-9-14)15-10-6-3-7-11-15/h12-15H,2-11H2,1H3. The van der Waals surface area contributed by atoms with E-state index in [1.54, 1.807) is 6.08 Å². The molecule has 0 spiro atoms. The SMILES string of the molecule is COC(=O)C=CN(C1CCCCC1)C1CCCCC1. The molecule has 0 radical (unpaired) electrons. The number of esters is 1. The summed E-state index contributed by atoms with van der Waals surface area (Å²) in [5, 5.41) is 0. The Hall–Kier alpha value is -0.990. The van der Waals surface area contributed by atoms with E-state index < -0.39 is 0 Å². The molecular formula is C16H27NO2. The van der Waals surface area contributed by atoms with Gasteiger partial charge in [-0.3, -0.25) is 0 Å². The van der Waals surface area contributed by atoms with Crippen molar-refractivity contribution in [3.63, 3.8) is 0 Å². The number of rotatable bonds is 4. The van der Waals surface area contributed by atoms with Crippen molar-refractivity contribution in [2.24, 2.45) is 0 Å². The largest absolute Gasteiger partial charge is 0.466 e. The van der Waals surface area contributed by atoms with Gasteiger partial charge in [0.2, 0.25) is 0 Å². The summed E-state index contributed by atoms with van der Waals surface area (Å²) in [7, 11) is 1.44. The van der Waals surface area contributed by atoms with Gasteiger partial charge in [0.25, 0.3) is 0 Å². The molecule has 0 unspecified atom stereocenters. The van der Waals surface area contributed by atoms with E-state index in [0.29, 0.717) is 12.1 Å². The van der Waals surface area contributed by atoms with E-state index in [9.17, 15) is 4.79 Å². The summed E-state index contributed by atoms with van der Waals surface area (Å²) in [6.45, 7) is 0. The second-order valence-electron chi connectivity index (χ2n) is 5.87. The fourth-order valence-corrected chi connectivity index (χ4v) is 3.51. The molecule has 0 bridgehead atoms. The van der Waals surface area contributed by atoms with E-state index in [1.165, 1.54) is 71.3 Å². The molecule has 0 amide bonds. The average Bonchev–Trinajstić information content (AvgIpc) is 2.49. The van der Waals surface area contributed by atoms with Gasteiger partial charge in [-0.25, -0.2) is 4.79 Å². The summed E-state index contributed by atoms with van der Waals surface area (Å²) in [4.78, 5) is 13.8. The van der Waals surface area contributed by atoms with Crippen molar-refractivity contribution in [2.75, 3.05) is 7.11 Å². The summed E-state index contributed by atoms with van der Waals surface area (Å²) in [5.41, 5.74) is 0. The van der Waals surface area contributed by atoms with Crippen LogP contribution in [0.2, 0.25) is 0 Å². The molecule has 0 aromatic carbocycles. The van der Waals surface area contributed by atoms with Gasteiger partial charge in [-0.05, 0) is 25.7 Å². The third-order valence-electron chi connectivity index (χ3n) is 4.58. The zero-order valence-corrected chi connectivity index (χ0v) is 12.1. The van der Waals surface area contributed by atoms with E-state index in [2.05, 4.69) is 4.90 Å². The first kappa shape index (κ1) is 14.4. The molecule has 0 aliphatic heterocycles. The molecule has 0 N–H and O–H groups in total. The van der Waals surface area contributed by atoms with E-state index in [4.69, 9.17) is 4.74 Å². The Bertz CT molecular complexity index is 284. The normalized spacial score (nSPS) is 22.6. The van der Waals surface area contributed by atoms with Gasteiger partial charge in [0, 0.05) is 24.4 Å². The molecule has 2 fully saturated rings. The number of hydrogen-bond donors (Lipinski definition) is 0. The van der Waals surface area contributed by atoms with Crippen LogP contribution in [0.3, 0.4) is 0 Å². The number of hydrogen-bond acceptors (Lipinski definition) is 3. The summed E-state index contributed by atoms with van der Waals surface area (Å²) in [6.07, 6.45) is 16.8. The van der Waals surface area contributed by atoms with Crippen molar-refractivity contribution in [2.45, 2.75) is 76.3 Å². The molecule has 2 rings (SSSR count). The van der Waals surface area contributed by atoms with Gasteiger partial charge in [-0.2, -0.15) is 0 Å². The Labute approximate surface area is 117 Å². The van der Waals surface area contributed by atoms with Crippen LogP contribution in [0.1, 0.15) is 64.2 Å². The predicted molar refractivity (Wildman–Crippen MR) is 76.7 cm³/mol. The van der Waals surface area contributed by atoms with Crippen LogP contribution >= 0.6 is 0 Å². The van der Waals surface area contributed by atoms with Crippen molar-refractivity contribution >= 4 is 5.97 Å². The van der Waals surface area contributed by atoms with Crippen LogP contribution in [0.25, 0.3) is 0 Å². The first-order valence-electron chi connectivity index (χ1n) is 7.85. The second-order valence-corrected chi connectivity index (χ2v) is 5.87. The van der Waals surface area contributed by atoms with Crippen molar-refractivity contribution in [1.29, 1.82) is 0 Å². The Morgan fingerprint density at radius 1 is 0.947 bits per heavy atom. The summed E-state index contributed by atoms with van der Waals surface area (Å²) in [6, 6.07) is 1.27. The van der Waals surface area contributed by atoms with Gasteiger partial charge in [0.1, 0.15) is 0 Å². The van der Waals surface area contributed by atoms with Gasteiger partial charge >= 0.3 is 5.97 Å². The van der Waals surface area contributed by atoms with Gasteiger partial charge in [-0.15, -0.1) is 0 Å². The smallest absolute Gasteiger partial charge is 0.331 e. The van der Waals surface area contributed by atoms with Gasteiger partial charge in [-0.1, -0.05) is 38.5 Å². The van der Waals surface area contributed by atoms with Crippen molar-refractivity contribution in [3.05, 3.63) is 12.3 Å². The van der Waals surface area contributed by atoms with Crippen molar-refractivity contribution < 1.29 is 9.53 Å². The maximum atomic E-state index is 11.3. The van der Waals surface area contributed by atoms with Crippen molar-refractivity contribution in [1.82, 2.24) is 4.90 Å². The van der Waals surface area contributed by atoms with Crippen LogP contribution in [0.4, 0.5) is 0 Å². The molecule has 0 heterocycles. The molecule has 3 heteroatoms. The second kappa shape index (κ2) is 7.56. The van der Waals surface area contributed by atoms with E-state index in [-0.39, 0.29) is 5.97 Å². The van der Waals surface area contributed by atoms with Crippen LogP contribution in [0, 0.1) is 0 Å². The zero-order valence-electron chi connectivity index (χ0n) is 12.1. The summed E-state index contributed by atoms with van der Waals surface area (Å²) in [5.74, 6) is -0.239. The Morgan fingerprint density at radius 3 is 1.84 bits per heavy atom. The topological polar surface area (TPSA) is 29.5 Å². The minimum Gasteiger partial charge on any atom is -0.466 e. The number of ether oxygens (including phenoxy) is 1. The first-order chi connectivity index (χ1) is 9.31. The monoisotopic (exact) mass is 265 g/mol. The lowest BCUT2D eigenvalue weighted by atomic mass is 9.89. The Balaban J connectivity index is 2.02. The van der Waals surface area contributed by atoms with Crippen LogP contribution in [-0.2, 0) is 9.53 Å². The molecule has 2 saturated carbocycles. The minimum atomic E-state index is -0.239. The molecule has 2 aliphatic rings. The average molecular weight is 265 g/mol. The Morgan fingerprint density at radius 2 is 1.42 bits per heavy atom. The molecule has 0 saturated heterocycles. The van der Waals surface area contributed by atoms with Gasteiger partial charge < -0.3 is 9.64 Å². The summed E-state index contributed by atoms with van der Waals surface area (Å²) < 4.78 is 4.72. The van der Waals surface area contributed by atoms with E-state index in [1.807, 2.05) is 6.20 Å². The van der Waals surface area contributed by atoms with Crippen LogP contribution in [-0.4, -0.2) is 30.1 Å². The molecule has 0 atom stereocenters. The third-order valence-corrected chi connectivity index (χ3v) is 4.58. The number of carbonyl (C=O) groups is 1. The molecule has 0 aromatic heterocycles. The van der Waals surface area contributed by atoms with E-state index >= 15 is 0 Å². The predicted octanol–water partition coefficient (Wildman–Crippen LogP) is 3.64. The maximum absolute atomic E-state index is 11.3. The highest BCUT2D eigenvalue weighted by atomic mass is 16.5. The minimum absolute atomic E-state index is 0.239. The maximum Gasteiger partial charge on any atom is 0.331 e. The highest BCUT2D eigenvalue weighted by molar-refractivity contribution is 5.81. The quantitative estimate of drug-likeness (QED) is 0.574. The van der Waals surface area contributed by atoms with Gasteiger partial charge in [0.05, 0.1) is 7.11 Å². The molecule has 19 heavy (non-hydrogen) atoms. The zero-order chi connectivity index (χ0) is 13.5. The van der Waals surface area contributed by atoms with Gasteiger partial charge in [0.15, 0.2) is 0 Å². The first-order valence-corrected chi connectivity index (χ1v) is 7.85. The fourth-order valence-electron chi connectivity index (χ4n) is 3.51. The Kier molecular flexibility index (Phi) is 5.74. The highest BCUT2D eigenvalue weighted by Gasteiger charge is 2.26.